The molecule has 1 aliphatic rings. The lowest BCUT2D eigenvalue weighted by molar-refractivity contribution is -0.0933. The molecular weight excluding hydrogens is 175 g/mol. The van der Waals surface area contributed by atoms with Crippen LogP contribution in [-0.2, 0) is 0 Å². The van der Waals surface area contributed by atoms with Gasteiger partial charge in [-0.1, -0.05) is 17.8 Å². The fourth-order valence-corrected chi connectivity index (χ4v) is 1.39. The van der Waals surface area contributed by atoms with Crippen molar-refractivity contribution in [3.05, 3.63) is 22.1 Å². The van der Waals surface area contributed by atoms with Crippen LogP contribution in [0.15, 0.2) is 22.1 Å². The van der Waals surface area contributed by atoms with Gasteiger partial charge in [0.2, 0.25) is 0 Å². The highest BCUT2D eigenvalue weighted by Gasteiger charge is 2.35. The average Bonchev–Trinajstić information content (AvgIpc) is 1.86. The molecule has 0 aliphatic carbocycles. The van der Waals surface area contributed by atoms with Crippen molar-refractivity contribution >= 4 is 11.8 Å². The van der Waals surface area contributed by atoms with Crippen LogP contribution in [0.25, 0.3) is 0 Å². The number of thioether (sulfide) groups is 1. The summed E-state index contributed by atoms with van der Waals surface area (Å²) in [5.74, 6) is 0. The maximum absolute atomic E-state index is 12.0. The van der Waals surface area contributed by atoms with E-state index in [1.165, 1.54) is 6.08 Å². The van der Waals surface area contributed by atoms with Gasteiger partial charge in [0.15, 0.2) is 0 Å². The molecule has 0 fully saturated rings. The molecular formula is C6H6F3NS. The molecule has 0 bridgehead atoms. The van der Waals surface area contributed by atoms with Crippen molar-refractivity contribution in [2.24, 2.45) is 5.73 Å². The number of halogens is 3. The lowest BCUT2D eigenvalue weighted by Gasteiger charge is -2.14. The fourth-order valence-electron chi connectivity index (χ4n) is 0.715. The first-order chi connectivity index (χ1) is 5.02. The molecule has 2 N–H and O–H groups in total. The number of hydrogen-bond acceptors (Lipinski definition) is 2. The smallest absolute Gasteiger partial charge is 0.393 e. The number of hydrogen-bond donors (Lipinski definition) is 1. The molecule has 1 rings (SSSR count). The lowest BCUT2D eigenvalue weighted by Crippen LogP contribution is -2.17. The molecule has 1 nitrogen and oxygen atoms in total. The van der Waals surface area contributed by atoms with Crippen molar-refractivity contribution in [3.63, 3.8) is 0 Å². The number of alkyl halides is 3. The van der Waals surface area contributed by atoms with Crippen LogP contribution in [-0.4, -0.2) is 6.18 Å². The Labute approximate surface area is 66.1 Å². The van der Waals surface area contributed by atoms with E-state index in [-0.39, 0.29) is 11.4 Å². The van der Waals surface area contributed by atoms with E-state index < -0.39 is 11.7 Å². The second-order valence-corrected chi connectivity index (χ2v) is 2.98. The lowest BCUT2D eigenvalue weighted by atomic mass is 10.2. The Balaban J connectivity index is 2.85. The summed E-state index contributed by atoms with van der Waals surface area (Å²) in [7, 11) is 0. The molecule has 0 saturated carbocycles. The Morgan fingerprint density at radius 3 is 2.45 bits per heavy atom. The molecule has 1 aliphatic heterocycles. The maximum Gasteiger partial charge on any atom is 0.415 e. The van der Waals surface area contributed by atoms with Crippen molar-refractivity contribution in [1.82, 2.24) is 0 Å². The van der Waals surface area contributed by atoms with Gasteiger partial charge in [-0.25, -0.2) is 0 Å². The van der Waals surface area contributed by atoms with Gasteiger partial charge in [-0.05, 0) is 11.8 Å². The first-order valence-electron chi connectivity index (χ1n) is 2.89. The van der Waals surface area contributed by atoms with Crippen LogP contribution in [0.4, 0.5) is 13.2 Å². The molecule has 0 atom stereocenters. The summed E-state index contributed by atoms with van der Waals surface area (Å²) in [5, 5.41) is 1.42. The minimum absolute atomic E-state index is 0.109. The van der Waals surface area contributed by atoms with Gasteiger partial charge in [0.25, 0.3) is 0 Å². The van der Waals surface area contributed by atoms with E-state index in [4.69, 9.17) is 5.73 Å². The fraction of sp³-hybridized carbons (Fsp3) is 0.333. The van der Waals surface area contributed by atoms with Crippen molar-refractivity contribution in [3.8, 4) is 0 Å². The first kappa shape index (κ1) is 8.52. The van der Waals surface area contributed by atoms with E-state index in [0.717, 1.165) is 11.8 Å². The maximum atomic E-state index is 12.0. The van der Waals surface area contributed by atoms with Crippen LogP contribution in [0.3, 0.4) is 0 Å². The minimum Gasteiger partial charge on any atom is -0.393 e. The molecule has 5 heteroatoms. The number of allylic oxidation sites excluding steroid dienone is 2. The van der Waals surface area contributed by atoms with Crippen molar-refractivity contribution in [2.75, 3.05) is 0 Å². The quantitative estimate of drug-likeness (QED) is 0.620. The van der Waals surface area contributed by atoms with E-state index in [1.807, 2.05) is 0 Å². The molecule has 0 spiro atoms. The molecule has 0 unspecified atom stereocenters. The summed E-state index contributed by atoms with van der Waals surface area (Å²) < 4.78 is 36.0. The van der Waals surface area contributed by atoms with E-state index >= 15 is 0 Å². The largest absolute Gasteiger partial charge is 0.415 e. The molecule has 1 heterocycles. The van der Waals surface area contributed by atoms with Gasteiger partial charge >= 0.3 is 6.18 Å². The third-order valence-corrected chi connectivity index (χ3v) is 2.08. The van der Waals surface area contributed by atoms with Crippen LogP contribution in [0, 0.1) is 0 Å². The highest BCUT2D eigenvalue weighted by molar-refractivity contribution is 8.05. The Morgan fingerprint density at radius 1 is 1.45 bits per heavy atom. The molecule has 0 saturated heterocycles. The Bertz CT molecular complexity index is 216. The predicted octanol–water partition coefficient (Wildman–Crippen LogP) is 2.37. The van der Waals surface area contributed by atoms with E-state index in [2.05, 4.69) is 0 Å². The number of rotatable bonds is 0. The number of nitrogens with two attached hydrogens (primary N) is 1. The standard InChI is InChI=1S/C6H6F3NS/c7-6(8,9)4-2-1-3-11-5(4)10/h1,3H,2,10H2. The summed E-state index contributed by atoms with van der Waals surface area (Å²) in [6.45, 7) is 0. The molecule has 0 radical (unpaired) electrons. The summed E-state index contributed by atoms with van der Waals surface area (Å²) >= 11 is 0.910. The van der Waals surface area contributed by atoms with E-state index in [0.29, 0.717) is 0 Å². The molecule has 0 aromatic rings. The highest BCUT2D eigenvalue weighted by atomic mass is 32.2. The summed E-state index contributed by atoms with van der Waals surface area (Å²) in [5.41, 5.74) is 4.50. The minimum atomic E-state index is -4.28. The summed E-state index contributed by atoms with van der Waals surface area (Å²) in [6.07, 6.45) is -2.94. The van der Waals surface area contributed by atoms with Gasteiger partial charge in [-0.2, -0.15) is 13.2 Å². The monoisotopic (exact) mass is 181 g/mol. The van der Waals surface area contributed by atoms with Crippen LogP contribution < -0.4 is 5.73 Å². The van der Waals surface area contributed by atoms with Gasteiger partial charge in [-0.15, -0.1) is 0 Å². The zero-order valence-electron chi connectivity index (χ0n) is 5.48. The van der Waals surface area contributed by atoms with E-state index in [1.54, 1.807) is 5.41 Å². The second kappa shape index (κ2) is 2.81. The molecule has 62 valence electrons. The second-order valence-electron chi connectivity index (χ2n) is 2.03. The zero-order valence-corrected chi connectivity index (χ0v) is 6.30. The van der Waals surface area contributed by atoms with Crippen LogP contribution in [0.5, 0.6) is 0 Å². The van der Waals surface area contributed by atoms with Gasteiger partial charge < -0.3 is 5.73 Å². The van der Waals surface area contributed by atoms with Gasteiger partial charge in [0.1, 0.15) is 0 Å². The molecule has 0 aromatic carbocycles. The topological polar surface area (TPSA) is 26.0 Å². The van der Waals surface area contributed by atoms with Crippen LogP contribution in [0.1, 0.15) is 6.42 Å². The van der Waals surface area contributed by atoms with Crippen LogP contribution in [0.2, 0.25) is 0 Å². The third kappa shape index (κ3) is 1.92. The van der Waals surface area contributed by atoms with Crippen LogP contribution >= 0.6 is 11.8 Å². The average molecular weight is 181 g/mol. The first-order valence-corrected chi connectivity index (χ1v) is 3.77. The van der Waals surface area contributed by atoms with Crippen molar-refractivity contribution in [2.45, 2.75) is 12.6 Å². The molecule has 0 amide bonds. The summed E-state index contributed by atoms with van der Waals surface area (Å²) in [6, 6.07) is 0. The van der Waals surface area contributed by atoms with Crippen molar-refractivity contribution in [1.29, 1.82) is 0 Å². The van der Waals surface area contributed by atoms with Gasteiger partial charge in [0.05, 0.1) is 10.6 Å². The molecule has 11 heavy (non-hydrogen) atoms. The zero-order chi connectivity index (χ0) is 8.48. The van der Waals surface area contributed by atoms with Crippen molar-refractivity contribution < 1.29 is 13.2 Å². The van der Waals surface area contributed by atoms with Gasteiger partial charge in [-0.3, -0.25) is 0 Å². The Morgan fingerprint density at radius 2 is 2.09 bits per heavy atom. The Kier molecular flexibility index (Phi) is 2.17. The third-order valence-electron chi connectivity index (χ3n) is 1.25. The van der Waals surface area contributed by atoms with E-state index in [9.17, 15) is 13.2 Å². The Hall–Kier alpha value is -0.580. The molecule has 0 aromatic heterocycles. The highest BCUT2D eigenvalue weighted by Crippen LogP contribution is 2.36. The SMILES string of the molecule is NC1=C(C(F)(F)F)CC=CS1. The van der Waals surface area contributed by atoms with Gasteiger partial charge in [0, 0.05) is 0 Å². The predicted molar refractivity (Wildman–Crippen MR) is 38.6 cm³/mol. The summed E-state index contributed by atoms with van der Waals surface area (Å²) in [4.78, 5) is 0. The normalized spacial score (nSPS) is 19.2.